The molecule has 0 bridgehead atoms. The number of aliphatic hydroxyl groups is 2. The Morgan fingerprint density at radius 3 is 2.30 bits per heavy atom. The SMILES string of the molecule is C[C@H](NC(=O)CCCC(=O)O)C(=O)Nc1ccc(Cc2ccc([C@@H]3O[C@@H]4CC5[C@@H]6C[C@H](F)C7=CC(=O)C=C[C@]7(C)[C@@]6(F)[C@@H](O)C[C@]5(C)[C@]4(C(=O)CO)O3)cc2)cc1. The van der Waals surface area contributed by atoms with Gasteiger partial charge < -0.3 is 35.4 Å². The zero-order valence-corrected chi connectivity index (χ0v) is 32.0. The van der Waals surface area contributed by atoms with Crippen LogP contribution in [0.3, 0.4) is 0 Å². The number of fused-ring (bicyclic) bond motifs is 7. The lowest BCUT2D eigenvalue weighted by Gasteiger charge is -2.63. The number of Topliss-reactive ketones (excluding diaryl/α,β-unsaturated/α-hetero) is 1. The fraction of sp³-hybridized carbons (Fsp3) is 0.512. The molecule has 11 atom stereocenters. The molecule has 0 spiro atoms. The van der Waals surface area contributed by atoms with Gasteiger partial charge >= 0.3 is 5.97 Å². The second-order valence-electron chi connectivity index (χ2n) is 16.6. The van der Waals surface area contributed by atoms with Gasteiger partial charge in [0.2, 0.25) is 11.8 Å². The van der Waals surface area contributed by atoms with Crippen LogP contribution in [0.2, 0.25) is 0 Å². The summed E-state index contributed by atoms with van der Waals surface area (Å²) in [5, 5.41) is 36.0. The van der Waals surface area contributed by atoms with Gasteiger partial charge in [-0.15, -0.1) is 0 Å². The predicted molar refractivity (Wildman–Crippen MR) is 201 cm³/mol. The van der Waals surface area contributed by atoms with Gasteiger partial charge in [0, 0.05) is 40.8 Å². The van der Waals surface area contributed by atoms with Crippen molar-refractivity contribution in [3.63, 3.8) is 0 Å². The van der Waals surface area contributed by atoms with E-state index in [1.54, 1.807) is 26.0 Å². The molecule has 1 saturated heterocycles. The molecule has 0 aromatic heterocycles. The predicted octanol–water partition coefficient (Wildman–Crippen LogP) is 4.62. The molecule has 5 N–H and O–H groups in total. The number of benzene rings is 2. The lowest BCUT2D eigenvalue weighted by Crippen LogP contribution is -2.70. The topological polar surface area (TPSA) is 189 Å². The largest absolute Gasteiger partial charge is 0.481 e. The number of ether oxygens (including phenoxy) is 2. The summed E-state index contributed by atoms with van der Waals surface area (Å²) < 4.78 is 46.6. The Hall–Kier alpha value is -4.63. The minimum Gasteiger partial charge on any atom is -0.481 e. The number of halogens is 2. The van der Waals surface area contributed by atoms with Crippen LogP contribution in [0.15, 0.2) is 72.3 Å². The minimum absolute atomic E-state index is 0.00425. The molecule has 4 aliphatic carbocycles. The highest BCUT2D eigenvalue weighted by molar-refractivity contribution is 6.01. The smallest absolute Gasteiger partial charge is 0.303 e. The molecule has 1 aliphatic heterocycles. The summed E-state index contributed by atoms with van der Waals surface area (Å²) in [6.07, 6.45) is -1.24. The summed E-state index contributed by atoms with van der Waals surface area (Å²) in [4.78, 5) is 61.3. The first kappa shape index (κ1) is 40.6. The number of aliphatic carboxylic acids is 1. The second-order valence-corrected chi connectivity index (χ2v) is 16.6. The molecule has 304 valence electrons. The Morgan fingerprint density at radius 2 is 1.65 bits per heavy atom. The zero-order chi connectivity index (χ0) is 41.1. The first-order valence-corrected chi connectivity index (χ1v) is 19.4. The molecule has 2 aromatic carbocycles. The van der Waals surface area contributed by atoms with Gasteiger partial charge in [-0.3, -0.25) is 24.0 Å². The summed E-state index contributed by atoms with van der Waals surface area (Å²) >= 11 is 0. The van der Waals surface area contributed by atoms with Crippen molar-refractivity contribution in [3.8, 4) is 0 Å². The molecule has 1 heterocycles. The summed E-state index contributed by atoms with van der Waals surface area (Å²) in [6, 6.07) is 13.8. The Balaban J connectivity index is 1.02. The van der Waals surface area contributed by atoms with Crippen LogP contribution in [0.5, 0.6) is 0 Å². The standard InChI is InChI=1S/C43H48F2N2O10/c1-23(46-36(52)5-4-6-37(53)54)38(55)47-27-13-9-25(10-14-27)17-24-7-11-26(12-8-24)39-56-35-20-29-30-19-32(44)31-18-28(49)15-16-40(31,2)42(30,45)33(50)21-41(29,3)43(35,57-39)34(51)22-48/h7-16,18,23,29-30,32-33,35,39,48,50H,4-6,17,19-22H2,1-3H3,(H,46,52)(H,47,55)(H,53,54)/t23-,29?,30-,32-,33-,35+,39+,40-,41-,42-,43+/m0/s1. The van der Waals surface area contributed by atoms with Crippen molar-refractivity contribution < 1.29 is 57.5 Å². The van der Waals surface area contributed by atoms with Crippen LogP contribution in [0.1, 0.15) is 82.3 Å². The van der Waals surface area contributed by atoms with E-state index in [0.29, 0.717) is 17.7 Å². The maximum absolute atomic E-state index is 17.7. The summed E-state index contributed by atoms with van der Waals surface area (Å²) in [7, 11) is 0. The lowest BCUT2D eigenvalue weighted by molar-refractivity contribution is -0.235. The molecule has 2 amide bonds. The second kappa shape index (κ2) is 14.9. The monoisotopic (exact) mass is 790 g/mol. The van der Waals surface area contributed by atoms with Crippen molar-refractivity contribution in [1.82, 2.24) is 5.32 Å². The van der Waals surface area contributed by atoms with Crippen molar-refractivity contribution in [1.29, 1.82) is 0 Å². The van der Waals surface area contributed by atoms with Crippen LogP contribution in [0.4, 0.5) is 14.5 Å². The Kier molecular flexibility index (Phi) is 10.6. The third-order valence-electron chi connectivity index (χ3n) is 13.4. The highest BCUT2D eigenvalue weighted by Gasteiger charge is 2.80. The van der Waals surface area contributed by atoms with Crippen molar-refractivity contribution in [2.24, 2.45) is 22.7 Å². The minimum atomic E-state index is -2.33. The third kappa shape index (κ3) is 6.64. The quantitative estimate of drug-likeness (QED) is 0.203. The Labute approximate surface area is 328 Å². The molecule has 3 saturated carbocycles. The first-order chi connectivity index (χ1) is 27.0. The molecule has 5 aliphatic rings. The first-order valence-electron chi connectivity index (χ1n) is 19.4. The summed E-state index contributed by atoms with van der Waals surface area (Å²) in [5.74, 6) is -4.59. The number of anilines is 1. The molecule has 1 unspecified atom stereocenters. The van der Waals surface area contributed by atoms with Crippen LogP contribution < -0.4 is 10.6 Å². The van der Waals surface area contributed by atoms with Crippen molar-refractivity contribution >= 4 is 35.0 Å². The number of carboxylic acids is 1. The summed E-state index contributed by atoms with van der Waals surface area (Å²) in [6.45, 7) is 3.93. The number of allylic oxidation sites excluding steroid dienone is 4. The highest BCUT2D eigenvalue weighted by Crippen LogP contribution is 2.72. The summed E-state index contributed by atoms with van der Waals surface area (Å²) in [5.41, 5.74) is -3.84. The number of amides is 2. The van der Waals surface area contributed by atoms with E-state index in [0.717, 1.165) is 17.2 Å². The van der Waals surface area contributed by atoms with E-state index in [4.69, 9.17) is 14.6 Å². The van der Waals surface area contributed by atoms with E-state index in [9.17, 15) is 34.2 Å². The van der Waals surface area contributed by atoms with E-state index >= 15 is 8.78 Å². The number of hydrogen-bond donors (Lipinski definition) is 5. The van der Waals surface area contributed by atoms with Gasteiger partial charge in [-0.25, -0.2) is 8.78 Å². The number of carboxylic acid groups (broad SMARTS) is 1. The van der Waals surface area contributed by atoms with Crippen molar-refractivity contribution in [2.45, 2.75) is 108 Å². The van der Waals surface area contributed by atoms with Gasteiger partial charge in [0.15, 0.2) is 29.1 Å². The number of carbonyl (C=O) groups is 5. The van der Waals surface area contributed by atoms with E-state index in [2.05, 4.69) is 10.6 Å². The molecule has 14 heteroatoms. The van der Waals surface area contributed by atoms with Crippen molar-refractivity contribution in [3.05, 3.63) is 89.0 Å². The number of aliphatic hydroxyl groups excluding tert-OH is 2. The molecule has 12 nitrogen and oxygen atoms in total. The number of rotatable bonds is 12. The molecule has 7 rings (SSSR count). The molecule has 4 fully saturated rings. The van der Waals surface area contributed by atoms with Crippen LogP contribution in [0, 0.1) is 22.7 Å². The Morgan fingerprint density at radius 1 is 0.982 bits per heavy atom. The fourth-order valence-corrected chi connectivity index (χ4v) is 10.5. The molecule has 0 radical (unpaired) electrons. The molecule has 57 heavy (non-hydrogen) atoms. The van der Waals surface area contributed by atoms with E-state index < -0.39 is 101 Å². The van der Waals surface area contributed by atoms with Crippen LogP contribution >= 0.6 is 0 Å². The van der Waals surface area contributed by atoms with Gasteiger partial charge in [0.05, 0.1) is 12.2 Å². The molecular weight excluding hydrogens is 742 g/mol. The normalized spacial score (nSPS) is 35.6. The number of ketones is 2. The number of carbonyl (C=O) groups excluding carboxylic acids is 4. The highest BCUT2D eigenvalue weighted by atomic mass is 19.1. The Bertz CT molecular complexity index is 2020. The van der Waals surface area contributed by atoms with Crippen molar-refractivity contribution in [2.75, 3.05) is 11.9 Å². The van der Waals surface area contributed by atoms with E-state index in [1.807, 2.05) is 36.4 Å². The average Bonchev–Trinajstić information content (AvgIpc) is 3.67. The van der Waals surface area contributed by atoms with E-state index in [-0.39, 0.29) is 44.1 Å². The number of hydrogen-bond acceptors (Lipinski definition) is 9. The van der Waals surface area contributed by atoms with Crippen LogP contribution in [-0.2, 0) is 39.9 Å². The van der Waals surface area contributed by atoms with E-state index in [1.165, 1.54) is 19.1 Å². The zero-order valence-electron chi connectivity index (χ0n) is 32.0. The fourth-order valence-electron chi connectivity index (χ4n) is 10.5. The molecule has 2 aromatic rings. The molecular formula is C43H48F2N2O10. The number of nitrogens with one attached hydrogen (secondary N) is 2. The maximum atomic E-state index is 17.7. The van der Waals surface area contributed by atoms with Gasteiger partial charge in [-0.1, -0.05) is 49.4 Å². The maximum Gasteiger partial charge on any atom is 0.303 e. The van der Waals surface area contributed by atoms with Gasteiger partial charge in [0.1, 0.15) is 18.8 Å². The number of alkyl halides is 2. The van der Waals surface area contributed by atoms with Crippen LogP contribution in [0.25, 0.3) is 0 Å². The van der Waals surface area contributed by atoms with Gasteiger partial charge in [-0.05, 0) is 92.9 Å². The lowest BCUT2D eigenvalue weighted by atomic mass is 9.44. The van der Waals surface area contributed by atoms with Crippen LogP contribution in [-0.4, -0.2) is 87.0 Å². The third-order valence-corrected chi connectivity index (χ3v) is 13.4. The van der Waals surface area contributed by atoms with Gasteiger partial charge in [0.25, 0.3) is 0 Å². The van der Waals surface area contributed by atoms with Gasteiger partial charge in [-0.2, -0.15) is 0 Å². The average molecular weight is 791 g/mol.